The molecule has 68 heavy (non-hydrogen) atoms. The molecular weight excluding hydrogens is 922 g/mol. The average molecular weight is 1000 g/mol. The van der Waals surface area contributed by atoms with Crippen LogP contribution >= 0.6 is 15.6 Å². The van der Waals surface area contributed by atoms with E-state index >= 15 is 0 Å². The van der Waals surface area contributed by atoms with Gasteiger partial charge in [-0.1, -0.05) is 138 Å². The summed E-state index contributed by atoms with van der Waals surface area (Å²) in [5, 5.41) is 41.2. The second-order valence-corrected chi connectivity index (χ2v) is 19.1. The van der Waals surface area contributed by atoms with Crippen LogP contribution in [0, 0.1) is 0 Å². The first-order chi connectivity index (χ1) is 32.5. The molecule has 5 unspecified atom stereocenters. The first-order valence-corrected chi connectivity index (χ1v) is 27.1. The van der Waals surface area contributed by atoms with Crippen LogP contribution < -0.4 is 0 Å². The van der Waals surface area contributed by atoms with Crippen molar-refractivity contribution in [1.82, 2.24) is 0 Å². The Bertz CT molecular complexity index is 1700. The van der Waals surface area contributed by atoms with Crippen molar-refractivity contribution >= 4 is 33.4 Å². The van der Waals surface area contributed by atoms with Gasteiger partial charge >= 0.3 is 27.6 Å². The van der Waals surface area contributed by atoms with Gasteiger partial charge in [-0.25, -0.2) is 9.13 Å². The van der Waals surface area contributed by atoms with Crippen LogP contribution in [0.15, 0.2) is 85.1 Å². The Morgan fingerprint density at radius 1 is 0.515 bits per heavy atom. The van der Waals surface area contributed by atoms with Crippen molar-refractivity contribution < 1.29 is 81.7 Å². The predicted molar refractivity (Wildman–Crippen MR) is 260 cm³/mol. The lowest BCUT2D eigenvalue weighted by Crippen LogP contribution is -2.64. The fourth-order valence-electron chi connectivity index (χ4n) is 6.64. The van der Waals surface area contributed by atoms with Gasteiger partial charge < -0.3 is 44.6 Å². The van der Waals surface area contributed by atoms with Gasteiger partial charge in [0.05, 0.1) is 6.61 Å². The maximum absolute atomic E-state index is 13.0. The van der Waals surface area contributed by atoms with Crippen LogP contribution in [0.3, 0.4) is 0 Å². The highest BCUT2D eigenvalue weighted by Crippen LogP contribution is 2.49. The van der Waals surface area contributed by atoms with Crippen LogP contribution in [-0.2, 0) is 46.6 Å². The van der Waals surface area contributed by atoms with E-state index in [0.717, 1.165) is 57.8 Å². The van der Waals surface area contributed by atoms with Crippen LogP contribution in [0.2, 0.25) is 0 Å². The van der Waals surface area contributed by atoms with Gasteiger partial charge in [0.2, 0.25) is 0 Å². The molecule has 1 rings (SSSR count). The molecule has 388 valence electrons. The monoisotopic (exact) mass is 1000 g/mol. The number of unbranched alkanes of at least 4 members (excludes halogenated alkanes) is 10. The highest BCUT2D eigenvalue weighted by Gasteiger charge is 2.54. The summed E-state index contributed by atoms with van der Waals surface area (Å²) in [4.78, 5) is 66.4. The maximum atomic E-state index is 13.0. The number of allylic oxidation sites excluding steroid dienone is 14. The third kappa shape index (κ3) is 32.6. The zero-order valence-electron chi connectivity index (χ0n) is 40.0. The number of phosphoric ester groups is 2. The molecule has 0 radical (unpaired) electrons. The summed E-state index contributed by atoms with van der Waals surface area (Å²) in [7, 11) is -10.8. The van der Waals surface area contributed by atoms with E-state index in [4.69, 9.17) is 18.5 Å². The molecule has 0 heterocycles. The van der Waals surface area contributed by atoms with Crippen molar-refractivity contribution in [1.29, 1.82) is 0 Å². The van der Waals surface area contributed by atoms with E-state index in [1.54, 1.807) is 12.2 Å². The van der Waals surface area contributed by atoms with Crippen LogP contribution in [-0.4, -0.2) is 109 Å². The zero-order chi connectivity index (χ0) is 50.5. The number of hydrogen-bond donors (Lipinski definition) is 7. The van der Waals surface area contributed by atoms with Gasteiger partial charge in [-0.2, -0.15) is 0 Å². The van der Waals surface area contributed by atoms with Crippen LogP contribution in [0.25, 0.3) is 0 Å². The molecule has 0 aromatic rings. The molecular formula is C49H80O17P2. The molecule has 0 aliphatic heterocycles. The Balaban J connectivity index is 2.68. The minimum Gasteiger partial charge on any atom is -0.462 e. The third-order valence-corrected chi connectivity index (χ3v) is 11.9. The van der Waals surface area contributed by atoms with Gasteiger partial charge in [0.25, 0.3) is 0 Å². The maximum Gasteiger partial charge on any atom is 0.472 e. The number of ketones is 1. The summed E-state index contributed by atoms with van der Waals surface area (Å²) < 4.78 is 49.2. The lowest BCUT2D eigenvalue weighted by molar-refractivity contribution is -0.216. The molecule has 17 nitrogen and oxygen atoms in total. The lowest BCUT2D eigenvalue weighted by Gasteiger charge is -2.43. The Labute approximate surface area is 403 Å². The molecule has 19 heteroatoms. The number of aliphatic hydroxyl groups is 4. The molecule has 1 aliphatic carbocycles. The SMILES string of the molecule is CCCCC/C=C\C=C\C(=O)CCCCCCCC(=O)O[C@H](COC(=O)CC/C=C\C/C=C\C/C=C\C/C=C\C/C=C\CCCCC)COP(=O)(O)O[C@H]1C(O)C(O)C(O)[C@@H](OP(=O)(O)O)C1O. The molecule has 7 N–H and O–H groups in total. The number of ether oxygens (including phenoxy) is 2. The molecule has 8 atom stereocenters. The topological polar surface area (TPSA) is 273 Å². The first kappa shape index (κ1) is 62.9. The fraction of sp³-hybridized carbons (Fsp3) is 0.653. The lowest BCUT2D eigenvalue weighted by atomic mass is 9.85. The number of carbonyl (C=O) groups is 3. The van der Waals surface area contributed by atoms with Gasteiger partial charge in [0.15, 0.2) is 11.9 Å². The predicted octanol–water partition coefficient (Wildman–Crippen LogP) is 8.57. The number of phosphoric acid groups is 2. The van der Waals surface area contributed by atoms with E-state index in [1.807, 2.05) is 36.5 Å². The summed E-state index contributed by atoms with van der Waals surface area (Å²) >= 11 is 0. The van der Waals surface area contributed by atoms with Crippen molar-refractivity contribution in [3.63, 3.8) is 0 Å². The molecule has 0 saturated heterocycles. The zero-order valence-corrected chi connectivity index (χ0v) is 41.8. The smallest absolute Gasteiger partial charge is 0.462 e. The molecule has 0 spiro atoms. The average Bonchev–Trinajstić information content (AvgIpc) is 3.29. The Morgan fingerprint density at radius 3 is 1.57 bits per heavy atom. The van der Waals surface area contributed by atoms with Gasteiger partial charge in [0, 0.05) is 19.3 Å². The first-order valence-electron chi connectivity index (χ1n) is 24.1. The number of carbonyl (C=O) groups excluding carboxylic acids is 3. The summed E-state index contributed by atoms with van der Waals surface area (Å²) in [5.74, 6) is -1.37. The second kappa shape index (κ2) is 38.6. The van der Waals surface area contributed by atoms with E-state index in [-0.39, 0.29) is 18.6 Å². The van der Waals surface area contributed by atoms with E-state index in [1.165, 1.54) is 25.7 Å². The molecule has 1 fully saturated rings. The fourth-order valence-corrected chi connectivity index (χ4v) is 8.17. The molecule has 0 aromatic heterocycles. The highest BCUT2D eigenvalue weighted by atomic mass is 31.2. The summed E-state index contributed by atoms with van der Waals surface area (Å²) in [6.07, 6.45) is 29.4. The molecule has 0 bridgehead atoms. The largest absolute Gasteiger partial charge is 0.472 e. The van der Waals surface area contributed by atoms with Gasteiger partial charge in [0.1, 0.15) is 43.2 Å². The Kier molecular flexibility index (Phi) is 35.7. The van der Waals surface area contributed by atoms with Gasteiger partial charge in [-0.3, -0.25) is 28.0 Å². The summed E-state index contributed by atoms with van der Waals surface area (Å²) in [6, 6.07) is 0. The third-order valence-electron chi connectivity index (χ3n) is 10.4. The van der Waals surface area contributed by atoms with E-state index in [9.17, 15) is 58.6 Å². The second-order valence-electron chi connectivity index (χ2n) is 16.5. The number of esters is 2. The van der Waals surface area contributed by atoms with E-state index in [0.29, 0.717) is 38.5 Å². The van der Waals surface area contributed by atoms with Crippen LogP contribution in [0.4, 0.5) is 0 Å². The van der Waals surface area contributed by atoms with Crippen molar-refractivity contribution in [2.45, 2.75) is 191 Å². The quantitative estimate of drug-likeness (QED) is 0.00758. The molecule has 0 amide bonds. The summed E-state index contributed by atoms with van der Waals surface area (Å²) in [6.45, 7) is 2.85. The number of hydrogen-bond acceptors (Lipinski definition) is 14. The van der Waals surface area contributed by atoms with Gasteiger partial charge in [-0.15, -0.1) is 0 Å². The standard InChI is InChI=1S/C49H80O17P2/c1-3-5-7-9-11-12-13-14-15-16-17-18-19-20-21-22-24-28-32-36-42(51)62-38-41(64-43(52)37-33-29-25-27-31-35-40(50)34-30-26-23-10-8-6-4-2)39-63-68(60,61)66-49-46(55)44(53)45(54)48(47(49)56)65-67(57,58)59/h11-12,14-15,17-18,20-21,23-24,26,28,30,34,41,44-49,53-56H,3-10,13,16,19,22,25,27,29,31-33,35-39H2,1-2H3,(H,60,61)(H2,57,58,59)/b12-11-,15-14-,18-17-,21-20-,26-23-,28-24-,34-30+/t41-,44?,45?,46?,47?,48-,49+/m1/s1. The molecule has 1 aliphatic rings. The van der Waals surface area contributed by atoms with Crippen LogP contribution in [0.5, 0.6) is 0 Å². The van der Waals surface area contributed by atoms with Crippen molar-refractivity contribution in [2.24, 2.45) is 0 Å². The van der Waals surface area contributed by atoms with E-state index < -0.39 is 83.5 Å². The highest BCUT2D eigenvalue weighted by molar-refractivity contribution is 7.47. The number of rotatable bonds is 39. The summed E-state index contributed by atoms with van der Waals surface area (Å²) in [5.41, 5.74) is 0. The van der Waals surface area contributed by atoms with Crippen LogP contribution in [0.1, 0.15) is 149 Å². The minimum absolute atomic E-state index is 0.0320. The minimum atomic E-state index is -5.39. The Morgan fingerprint density at radius 2 is 1.01 bits per heavy atom. The number of aliphatic hydroxyl groups excluding tert-OH is 4. The van der Waals surface area contributed by atoms with Crippen molar-refractivity contribution in [3.8, 4) is 0 Å². The molecule has 1 saturated carbocycles. The molecule has 0 aromatic carbocycles. The normalized spacial score (nSPS) is 21.9. The van der Waals surface area contributed by atoms with Crippen molar-refractivity contribution in [2.75, 3.05) is 13.2 Å². The van der Waals surface area contributed by atoms with Crippen molar-refractivity contribution in [3.05, 3.63) is 85.1 Å². The van der Waals surface area contributed by atoms with E-state index in [2.05, 4.69) is 54.8 Å². The Hall–Kier alpha value is -3.15. The van der Waals surface area contributed by atoms with Gasteiger partial charge in [-0.05, 0) is 76.7 Å².